The monoisotopic (exact) mass is 574 g/mol. The first kappa shape index (κ1) is 24.5. The second-order valence-corrected chi connectivity index (χ2v) is 9.36. The van der Waals surface area contributed by atoms with Crippen molar-refractivity contribution in [2.24, 2.45) is 4.99 Å². The molecule has 1 atom stereocenters. The SMILES string of the molecule is C=C(Nc1n[nH]c(C(=O)NC2N=C(c3ccccc3)c3ccccc3NC2=O)c1Br)c1cccc(Cl)c1. The Kier molecular flexibility index (Phi) is 6.89. The second-order valence-electron chi connectivity index (χ2n) is 8.13. The summed E-state index contributed by atoms with van der Waals surface area (Å²) in [6.07, 6.45) is -1.18. The minimum absolute atomic E-state index is 0.118. The molecule has 0 aliphatic carbocycles. The van der Waals surface area contributed by atoms with Gasteiger partial charge in [-0.15, -0.1) is 0 Å². The number of para-hydroxylation sites is 1. The number of carbonyl (C=O) groups excluding carboxylic acids is 2. The third-order valence-electron chi connectivity index (χ3n) is 5.64. The van der Waals surface area contributed by atoms with Crippen LogP contribution in [-0.2, 0) is 4.79 Å². The number of aromatic nitrogens is 2. The molecule has 1 aromatic heterocycles. The smallest absolute Gasteiger partial charge is 0.272 e. The molecule has 4 aromatic rings. The molecule has 184 valence electrons. The van der Waals surface area contributed by atoms with Crippen LogP contribution in [0.5, 0.6) is 0 Å². The molecule has 1 unspecified atom stereocenters. The first-order valence-corrected chi connectivity index (χ1v) is 12.4. The molecule has 8 nitrogen and oxygen atoms in total. The molecule has 0 saturated heterocycles. The van der Waals surface area contributed by atoms with Gasteiger partial charge in [-0.3, -0.25) is 14.7 Å². The van der Waals surface area contributed by atoms with Crippen LogP contribution in [0.25, 0.3) is 5.70 Å². The van der Waals surface area contributed by atoms with Gasteiger partial charge in [0.05, 0.1) is 15.9 Å². The molecule has 0 bridgehead atoms. The lowest BCUT2D eigenvalue weighted by molar-refractivity contribution is -0.117. The van der Waals surface area contributed by atoms with Gasteiger partial charge in [0.15, 0.2) is 5.82 Å². The normalized spacial score (nSPS) is 14.6. The van der Waals surface area contributed by atoms with Crippen LogP contribution in [0.1, 0.15) is 27.2 Å². The number of halogens is 2. The van der Waals surface area contributed by atoms with E-state index in [-0.39, 0.29) is 5.69 Å². The highest BCUT2D eigenvalue weighted by Gasteiger charge is 2.29. The number of carbonyl (C=O) groups is 2. The van der Waals surface area contributed by atoms with Gasteiger partial charge in [-0.2, -0.15) is 5.10 Å². The van der Waals surface area contributed by atoms with Gasteiger partial charge in [0.2, 0.25) is 6.17 Å². The number of nitrogens with one attached hydrogen (secondary N) is 4. The van der Waals surface area contributed by atoms with Gasteiger partial charge in [-0.1, -0.05) is 78.8 Å². The van der Waals surface area contributed by atoms with E-state index in [2.05, 4.69) is 53.6 Å². The Morgan fingerprint density at radius 3 is 2.57 bits per heavy atom. The van der Waals surface area contributed by atoms with E-state index in [9.17, 15) is 9.59 Å². The average molecular weight is 576 g/mol. The highest BCUT2D eigenvalue weighted by Crippen LogP contribution is 2.28. The maximum atomic E-state index is 13.2. The van der Waals surface area contributed by atoms with E-state index in [1.165, 1.54) is 0 Å². The minimum atomic E-state index is -1.18. The van der Waals surface area contributed by atoms with Crippen LogP contribution in [-0.4, -0.2) is 33.9 Å². The number of anilines is 2. The summed E-state index contributed by atoms with van der Waals surface area (Å²) in [7, 11) is 0. The van der Waals surface area contributed by atoms with Gasteiger partial charge < -0.3 is 16.0 Å². The summed E-state index contributed by atoms with van der Waals surface area (Å²) < 4.78 is 0.373. The predicted octanol–water partition coefficient (Wildman–Crippen LogP) is 5.45. The molecular formula is C27H20BrClN6O2. The fourth-order valence-electron chi connectivity index (χ4n) is 3.83. The number of fused-ring (bicyclic) bond motifs is 1. The topological polar surface area (TPSA) is 111 Å². The standard InChI is InChI=1S/C27H20BrClN6O2/c1-15(17-10-7-11-18(29)14-17)30-24-21(28)23(34-35-24)26(36)33-25-27(37)31-20-13-6-5-12-19(20)22(32-25)16-8-3-2-4-9-16/h2-14,25H,1H2,(H,31,37)(H,33,36)(H2,30,34,35). The van der Waals surface area contributed by atoms with Crippen LogP contribution in [0, 0.1) is 0 Å². The van der Waals surface area contributed by atoms with Crippen molar-refractivity contribution in [1.29, 1.82) is 0 Å². The number of benzodiazepines with no additional fused rings is 1. The Labute approximate surface area is 226 Å². The molecule has 37 heavy (non-hydrogen) atoms. The average Bonchev–Trinajstić information content (AvgIpc) is 3.20. The molecule has 1 aliphatic heterocycles. The number of hydrogen-bond acceptors (Lipinski definition) is 5. The van der Waals surface area contributed by atoms with Crippen molar-refractivity contribution in [2.45, 2.75) is 6.17 Å². The number of amides is 2. The number of aliphatic imine (C=N–C) groups is 1. The van der Waals surface area contributed by atoms with Gasteiger partial charge in [-0.25, -0.2) is 4.99 Å². The van der Waals surface area contributed by atoms with Gasteiger partial charge in [-0.05, 0) is 39.7 Å². The molecule has 4 N–H and O–H groups in total. The molecule has 2 heterocycles. The van der Waals surface area contributed by atoms with E-state index in [1.54, 1.807) is 18.2 Å². The van der Waals surface area contributed by atoms with Crippen molar-refractivity contribution in [2.75, 3.05) is 10.6 Å². The van der Waals surface area contributed by atoms with Gasteiger partial charge in [0, 0.05) is 21.8 Å². The molecule has 1 aliphatic rings. The van der Waals surface area contributed by atoms with E-state index < -0.39 is 18.0 Å². The van der Waals surface area contributed by atoms with Crippen LogP contribution in [0.2, 0.25) is 5.02 Å². The quantitative estimate of drug-likeness (QED) is 0.245. The fourth-order valence-corrected chi connectivity index (χ4v) is 4.48. The van der Waals surface area contributed by atoms with Crippen LogP contribution in [0.4, 0.5) is 11.5 Å². The van der Waals surface area contributed by atoms with Crippen molar-refractivity contribution in [1.82, 2.24) is 15.5 Å². The molecule has 10 heteroatoms. The van der Waals surface area contributed by atoms with E-state index in [0.29, 0.717) is 32.4 Å². The molecule has 2 amide bonds. The molecule has 0 saturated carbocycles. The number of H-pyrrole nitrogens is 1. The summed E-state index contributed by atoms with van der Waals surface area (Å²) in [6, 6.07) is 24.0. The predicted molar refractivity (Wildman–Crippen MR) is 149 cm³/mol. The summed E-state index contributed by atoms with van der Waals surface area (Å²) in [5, 5.41) is 16.1. The first-order valence-electron chi connectivity index (χ1n) is 11.2. The fraction of sp³-hybridized carbons (Fsp3) is 0.0370. The minimum Gasteiger partial charge on any atom is -0.338 e. The van der Waals surface area contributed by atoms with Gasteiger partial charge in [0.1, 0.15) is 5.69 Å². The van der Waals surface area contributed by atoms with E-state index in [1.807, 2.05) is 60.7 Å². The maximum absolute atomic E-state index is 13.2. The molecule has 5 rings (SSSR count). The van der Waals surface area contributed by atoms with Crippen molar-refractivity contribution in [3.8, 4) is 0 Å². The van der Waals surface area contributed by atoms with Crippen LogP contribution in [0.15, 0.2) is 94.9 Å². The van der Waals surface area contributed by atoms with Crippen molar-refractivity contribution >= 4 is 62.3 Å². The van der Waals surface area contributed by atoms with Gasteiger partial charge >= 0.3 is 0 Å². The lowest BCUT2D eigenvalue weighted by Gasteiger charge is -2.13. The van der Waals surface area contributed by atoms with Crippen LogP contribution >= 0.6 is 27.5 Å². The largest absolute Gasteiger partial charge is 0.338 e. The Morgan fingerprint density at radius 1 is 1.03 bits per heavy atom. The number of benzene rings is 3. The number of nitrogens with zero attached hydrogens (tertiary/aromatic N) is 2. The molecule has 0 fully saturated rings. The highest BCUT2D eigenvalue weighted by atomic mass is 79.9. The maximum Gasteiger partial charge on any atom is 0.272 e. The van der Waals surface area contributed by atoms with Crippen molar-refractivity contribution in [3.05, 3.63) is 117 Å². The lowest BCUT2D eigenvalue weighted by atomic mass is 10.0. The second kappa shape index (κ2) is 10.4. The lowest BCUT2D eigenvalue weighted by Crippen LogP contribution is -2.42. The van der Waals surface area contributed by atoms with Crippen LogP contribution < -0.4 is 16.0 Å². The van der Waals surface area contributed by atoms with Crippen molar-refractivity contribution < 1.29 is 9.59 Å². The zero-order valence-electron chi connectivity index (χ0n) is 19.3. The Balaban J connectivity index is 1.40. The third-order valence-corrected chi connectivity index (χ3v) is 6.65. The van der Waals surface area contributed by atoms with Gasteiger partial charge in [0.25, 0.3) is 11.8 Å². The number of hydrogen-bond donors (Lipinski definition) is 4. The summed E-state index contributed by atoms with van der Waals surface area (Å²) in [5.74, 6) is -0.681. The summed E-state index contributed by atoms with van der Waals surface area (Å²) in [4.78, 5) is 30.9. The molecule has 3 aromatic carbocycles. The summed E-state index contributed by atoms with van der Waals surface area (Å²) in [5.41, 5.74) is 4.20. The molecule has 0 spiro atoms. The zero-order valence-corrected chi connectivity index (χ0v) is 21.6. The molecular weight excluding hydrogens is 556 g/mol. The van der Waals surface area contributed by atoms with E-state index in [0.717, 1.165) is 16.7 Å². The first-order chi connectivity index (χ1) is 17.9. The van der Waals surface area contributed by atoms with E-state index >= 15 is 0 Å². The Morgan fingerprint density at radius 2 is 1.78 bits per heavy atom. The third kappa shape index (κ3) is 5.18. The number of aromatic amines is 1. The number of rotatable bonds is 6. The van der Waals surface area contributed by atoms with E-state index in [4.69, 9.17) is 11.6 Å². The Hall–Kier alpha value is -4.21. The van der Waals surface area contributed by atoms with Crippen LogP contribution in [0.3, 0.4) is 0 Å². The summed E-state index contributed by atoms with van der Waals surface area (Å²) >= 11 is 9.48. The highest BCUT2D eigenvalue weighted by molar-refractivity contribution is 9.10. The Bertz CT molecular complexity index is 1550. The van der Waals surface area contributed by atoms with Crippen molar-refractivity contribution in [3.63, 3.8) is 0 Å². The zero-order chi connectivity index (χ0) is 25.9. The molecule has 0 radical (unpaired) electrons. The summed E-state index contributed by atoms with van der Waals surface area (Å²) in [6.45, 7) is 4.01.